The van der Waals surface area contributed by atoms with Crippen LogP contribution in [0.5, 0.6) is 11.5 Å². The lowest BCUT2D eigenvalue weighted by atomic mass is 10.1. The Morgan fingerprint density at radius 3 is 2.23 bits per heavy atom. The van der Waals surface area contributed by atoms with Crippen LogP contribution >= 0.6 is 0 Å². The number of carboxylic acids is 1. The number of hydrogen-bond donors (Lipinski definition) is 1. The Bertz CT molecular complexity index is 740. The van der Waals surface area contributed by atoms with Gasteiger partial charge in [0.05, 0.1) is 18.8 Å². The third kappa shape index (κ3) is 5.84. The number of alkyl halides is 3. The molecule has 138 valence electrons. The Kier molecular flexibility index (Phi) is 6.66. The third-order valence-electron chi connectivity index (χ3n) is 3.28. The minimum atomic E-state index is -3.56. The molecule has 0 aliphatic carbocycles. The number of benzene rings is 2. The largest absolute Gasteiger partial charge is 0.493 e. The number of carbonyl (C=O) groups is 1. The predicted octanol–water partition coefficient (Wildman–Crippen LogP) is 4.65. The normalized spacial score (nSPS) is 11.5. The van der Waals surface area contributed by atoms with Crippen LogP contribution in [0.1, 0.15) is 17.5 Å². The van der Waals surface area contributed by atoms with Gasteiger partial charge in [0.2, 0.25) is 0 Å². The van der Waals surface area contributed by atoms with Crippen molar-refractivity contribution < 1.29 is 32.5 Å². The fourth-order valence-electron chi connectivity index (χ4n) is 2.01. The van der Waals surface area contributed by atoms with Crippen molar-refractivity contribution in [3.8, 4) is 11.5 Å². The first-order valence-electron chi connectivity index (χ1n) is 7.78. The third-order valence-corrected chi connectivity index (χ3v) is 3.28. The van der Waals surface area contributed by atoms with E-state index in [2.05, 4.69) is 0 Å². The van der Waals surface area contributed by atoms with E-state index in [1.54, 1.807) is 0 Å². The van der Waals surface area contributed by atoms with Gasteiger partial charge in [-0.1, -0.05) is 12.1 Å². The van der Waals surface area contributed by atoms with Gasteiger partial charge < -0.3 is 14.6 Å². The van der Waals surface area contributed by atoms with Crippen molar-refractivity contribution >= 4 is 12.0 Å². The number of rotatable bonds is 9. The zero-order chi connectivity index (χ0) is 19.0. The summed E-state index contributed by atoms with van der Waals surface area (Å²) in [6.07, 6.45) is -1.09. The Hall–Kier alpha value is -2.96. The molecule has 0 spiro atoms. The van der Waals surface area contributed by atoms with Crippen molar-refractivity contribution in [2.75, 3.05) is 13.3 Å². The maximum Gasteiger partial charge on any atom is 0.426 e. The molecule has 0 saturated carbocycles. The predicted molar refractivity (Wildman–Crippen MR) is 90.2 cm³/mol. The average Bonchev–Trinajstić information content (AvgIpc) is 2.62. The van der Waals surface area contributed by atoms with Crippen LogP contribution < -0.4 is 9.47 Å². The van der Waals surface area contributed by atoms with Gasteiger partial charge in [-0.25, -0.2) is 4.79 Å². The van der Waals surface area contributed by atoms with Gasteiger partial charge in [0.1, 0.15) is 11.5 Å². The van der Waals surface area contributed by atoms with E-state index < -0.39 is 18.8 Å². The van der Waals surface area contributed by atoms with E-state index in [0.717, 1.165) is 18.2 Å². The summed E-state index contributed by atoms with van der Waals surface area (Å²) in [7, 11) is 0. The Balaban J connectivity index is 2.02. The molecule has 0 aromatic heterocycles. The monoisotopic (exact) mass is 366 g/mol. The average molecular weight is 366 g/mol. The molecule has 2 rings (SSSR count). The van der Waals surface area contributed by atoms with E-state index in [-0.39, 0.29) is 24.3 Å². The first kappa shape index (κ1) is 19.4. The Morgan fingerprint density at radius 1 is 1.04 bits per heavy atom. The minimum absolute atomic E-state index is 0.0531. The summed E-state index contributed by atoms with van der Waals surface area (Å²) in [5, 5.41) is 8.55. The molecule has 2 aromatic rings. The van der Waals surface area contributed by atoms with Crippen molar-refractivity contribution in [3.63, 3.8) is 0 Å². The highest BCUT2D eigenvalue weighted by atomic mass is 19.3. The first-order chi connectivity index (χ1) is 12.4. The molecule has 0 radical (unpaired) electrons. The molecule has 0 fully saturated rings. The molecule has 0 amide bonds. The van der Waals surface area contributed by atoms with E-state index >= 15 is 0 Å². The van der Waals surface area contributed by atoms with Gasteiger partial charge in [0.15, 0.2) is 0 Å². The highest BCUT2D eigenvalue weighted by Crippen LogP contribution is 2.32. The van der Waals surface area contributed by atoms with Crippen molar-refractivity contribution in [3.05, 3.63) is 65.7 Å². The van der Waals surface area contributed by atoms with Crippen LogP contribution in [0.25, 0.3) is 6.08 Å². The molecule has 0 unspecified atom stereocenters. The highest BCUT2D eigenvalue weighted by Gasteiger charge is 2.34. The highest BCUT2D eigenvalue weighted by molar-refractivity contribution is 5.85. The van der Waals surface area contributed by atoms with Crippen molar-refractivity contribution in [1.82, 2.24) is 0 Å². The molecule has 0 bridgehead atoms. The summed E-state index contributed by atoms with van der Waals surface area (Å²) < 4.78 is 50.4. The maximum atomic E-state index is 14.2. The van der Waals surface area contributed by atoms with E-state index in [9.17, 15) is 18.0 Å². The van der Waals surface area contributed by atoms with E-state index in [4.69, 9.17) is 14.6 Å². The lowest BCUT2D eigenvalue weighted by Gasteiger charge is -2.18. The van der Waals surface area contributed by atoms with E-state index in [1.807, 2.05) is 0 Å². The summed E-state index contributed by atoms with van der Waals surface area (Å²) in [6, 6.07) is 10.7. The molecule has 4 nitrogen and oxygen atoms in total. The molecule has 0 atom stereocenters. The lowest BCUT2D eigenvalue weighted by molar-refractivity contribution is -0.185. The van der Waals surface area contributed by atoms with Crippen LogP contribution in [0, 0.1) is 0 Å². The standard InChI is InChI=1S/C19H17F3O4/c20-12-1-13-25-16-7-9-17(10-8-16)26-19(21,22)15-5-2-14(3-6-15)4-11-18(23)24/h2-11H,1,12-13H2,(H,23,24). The molecule has 7 heteroatoms. The van der Waals surface area contributed by atoms with Gasteiger partial charge >= 0.3 is 12.1 Å². The summed E-state index contributed by atoms with van der Waals surface area (Å²) >= 11 is 0. The van der Waals surface area contributed by atoms with Crippen LogP contribution in [0.2, 0.25) is 0 Å². The van der Waals surface area contributed by atoms with Gasteiger partial charge in [-0.3, -0.25) is 4.39 Å². The molecular weight excluding hydrogens is 349 g/mol. The molecule has 0 aliphatic rings. The molecule has 0 aliphatic heterocycles. The lowest BCUT2D eigenvalue weighted by Crippen LogP contribution is -2.21. The zero-order valence-corrected chi connectivity index (χ0v) is 13.7. The quantitative estimate of drug-likeness (QED) is 0.518. The van der Waals surface area contributed by atoms with E-state index in [0.29, 0.717) is 11.3 Å². The zero-order valence-electron chi connectivity index (χ0n) is 13.7. The number of aliphatic carboxylic acids is 1. The van der Waals surface area contributed by atoms with Crippen molar-refractivity contribution in [2.45, 2.75) is 12.5 Å². The molecule has 2 aromatic carbocycles. The number of hydrogen-bond acceptors (Lipinski definition) is 3. The minimum Gasteiger partial charge on any atom is -0.493 e. The summed E-state index contributed by atoms with van der Waals surface area (Å²) in [6.45, 7) is -0.284. The topological polar surface area (TPSA) is 55.8 Å². The second kappa shape index (κ2) is 8.94. The molecule has 0 saturated heterocycles. The summed E-state index contributed by atoms with van der Waals surface area (Å²) in [4.78, 5) is 10.4. The second-order valence-corrected chi connectivity index (χ2v) is 5.27. The number of ether oxygens (including phenoxy) is 2. The summed E-state index contributed by atoms with van der Waals surface area (Å²) in [5.74, 6) is -0.744. The number of halogens is 3. The fourth-order valence-corrected chi connectivity index (χ4v) is 2.01. The van der Waals surface area contributed by atoms with Crippen LogP contribution in [-0.4, -0.2) is 24.4 Å². The van der Waals surface area contributed by atoms with Gasteiger partial charge in [0.25, 0.3) is 0 Å². The first-order valence-corrected chi connectivity index (χ1v) is 7.78. The number of carboxylic acid groups (broad SMARTS) is 1. The second-order valence-electron chi connectivity index (χ2n) is 5.27. The smallest absolute Gasteiger partial charge is 0.426 e. The van der Waals surface area contributed by atoms with Gasteiger partial charge in [-0.15, -0.1) is 0 Å². The molecular formula is C19H17F3O4. The molecule has 1 N–H and O–H groups in total. The van der Waals surface area contributed by atoms with Crippen LogP contribution in [0.3, 0.4) is 0 Å². The summed E-state index contributed by atoms with van der Waals surface area (Å²) in [5.41, 5.74) is 0.106. The van der Waals surface area contributed by atoms with Gasteiger partial charge in [-0.05, 0) is 48.0 Å². The van der Waals surface area contributed by atoms with Crippen LogP contribution in [0.4, 0.5) is 13.2 Å². The van der Waals surface area contributed by atoms with Gasteiger partial charge in [0, 0.05) is 12.5 Å². The Labute approximate surface area is 148 Å². The van der Waals surface area contributed by atoms with Crippen molar-refractivity contribution in [1.29, 1.82) is 0 Å². The SMILES string of the molecule is O=C(O)C=Cc1ccc(C(F)(F)Oc2ccc(OCCCF)cc2)cc1. The Morgan fingerprint density at radius 2 is 1.65 bits per heavy atom. The van der Waals surface area contributed by atoms with Crippen molar-refractivity contribution in [2.24, 2.45) is 0 Å². The fraction of sp³-hybridized carbons (Fsp3) is 0.211. The van der Waals surface area contributed by atoms with Crippen LogP contribution in [-0.2, 0) is 10.9 Å². The van der Waals surface area contributed by atoms with Gasteiger partial charge in [-0.2, -0.15) is 8.78 Å². The van der Waals surface area contributed by atoms with E-state index in [1.165, 1.54) is 42.5 Å². The maximum absolute atomic E-state index is 14.2. The molecule has 0 heterocycles. The molecule has 26 heavy (non-hydrogen) atoms. The van der Waals surface area contributed by atoms with Crippen LogP contribution in [0.15, 0.2) is 54.6 Å².